The summed E-state index contributed by atoms with van der Waals surface area (Å²) in [6.45, 7) is 14.1. The largest absolute Gasteiger partial charge is 0.386 e. The van der Waals surface area contributed by atoms with E-state index in [4.69, 9.17) is 0 Å². The van der Waals surface area contributed by atoms with E-state index in [2.05, 4.69) is 25.8 Å². The molecule has 0 aliphatic carbocycles. The summed E-state index contributed by atoms with van der Waals surface area (Å²) in [5.41, 5.74) is 7.45. The standard InChI is InChI=1S/C19H24N4O2.C6H13NO/c1-11(8-18-12(2)19(20-5)13(3)22-18)16-9-15(23-14(4)25)6-7-17(16)21-10-24;1-3-7(4-2)5-6-8/h6-10,20,22H,1-5H3,(H,21,24)(H,23,25);6H,3-5H2,1-2H3/b11-8+;. The fourth-order valence-electron chi connectivity index (χ4n) is 3.52. The molecule has 0 aliphatic heterocycles. The van der Waals surface area contributed by atoms with Gasteiger partial charge in [0.2, 0.25) is 12.3 Å². The van der Waals surface area contributed by atoms with E-state index in [1.54, 1.807) is 12.1 Å². The van der Waals surface area contributed by atoms with Crippen molar-refractivity contribution >= 4 is 47.3 Å². The Morgan fingerprint density at radius 2 is 1.79 bits per heavy atom. The second kappa shape index (κ2) is 13.9. The van der Waals surface area contributed by atoms with Crippen molar-refractivity contribution in [3.63, 3.8) is 0 Å². The molecule has 180 valence electrons. The Labute approximate surface area is 196 Å². The molecule has 1 heterocycles. The lowest BCUT2D eigenvalue weighted by Crippen LogP contribution is -2.24. The number of amides is 2. The molecule has 0 unspecified atom stereocenters. The zero-order chi connectivity index (χ0) is 25.0. The highest BCUT2D eigenvalue weighted by atomic mass is 16.1. The second-order valence-corrected chi connectivity index (χ2v) is 7.60. The van der Waals surface area contributed by atoms with Crippen LogP contribution in [0.15, 0.2) is 18.2 Å². The molecule has 0 saturated carbocycles. The SMILES string of the molecule is CCN(CC)CC=O.CNc1c(C)[nH]c(/C=C(\C)c2cc(NC(C)=O)ccc2NC=O)c1C. The minimum absolute atomic E-state index is 0.141. The number of aromatic amines is 1. The molecule has 0 aliphatic rings. The molecule has 2 amide bonds. The Morgan fingerprint density at radius 3 is 2.24 bits per heavy atom. The van der Waals surface area contributed by atoms with Gasteiger partial charge >= 0.3 is 0 Å². The number of carbonyl (C=O) groups is 3. The predicted octanol–water partition coefficient (Wildman–Crippen LogP) is 4.29. The number of carbonyl (C=O) groups excluding carboxylic acids is 3. The van der Waals surface area contributed by atoms with E-state index in [1.165, 1.54) is 6.92 Å². The molecular weight excluding hydrogens is 418 g/mol. The van der Waals surface area contributed by atoms with Gasteiger partial charge in [0.1, 0.15) is 6.29 Å². The van der Waals surface area contributed by atoms with Crippen molar-refractivity contribution in [1.82, 2.24) is 9.88 Å². The quantitative estimate of drug-likeness (QED) is 0.400. The number of allylic oxidation sites excluding steroid dienone is 1. The van der Waals surface area contributed by atoms with E-state index < -0.39 is 0 Å². The van der Waals surface area contributed by atoms with Crippen LogP contribution in [0.2, 0.25) is 0 Å². The van der Waals surface area contributed by atoms with E-state index in [1.807, 2.05) is 53.8 Å². The Hall–Kier alpha value is -3.39. The summed E-state index contributed by atoms with van der Waals surface area (Å²) in [4.78, 5) is 37.5. The number of likely N-dealkylation sites (N-methyl/N-ethyl adjacent to an activating group) is 1. The summed E-state index contributed by atoms with van der Waals surface area (Å²) in [6.07, 6.45) is 3.62. The smallest absolute Gasteiger partial charge is 0.221 e. The fourth-order valence-corrected chi connectivity index (χ4v) is 3.52. The third-order valence-electron chi connectivity index (χ3n) is 5.29. The van der Waals surface area contributed by atoms with Crippen LogP contribution in [0.4, 0.5) is 17.1 Å². The summed E-state index contributed by atoms with van der Waals surface area (Å²) in [6, 6.07) is 5.38. The first kappa shape index (κ1) is 27.6. The number of nitrogens with one attached hydrogen (secondary N) is 4. The van der Waals surface area contributed by atoms with Gasteiger partial charge in [-0.1, -0.05) is 13.8 Å². The summed E-state index contributed by atoms with van der Waals surface area (Å²) < 4.78 is 0. The Balaban J connectivity index is 0.000000582. The summed E-state index contributed by atoms with van der Waals surface area (Å²) in [5, 5.41) is 8.67. The average molecular weight is 456 g/mol. The highest BCUT2D eigenvalue weighted by molar-refractivity contribution is 5.94. The minimum Gasteiger partial charge on any atom is -0.386 e. The second-order valence-electron chi connectivity index (χ2n) is 7.60. The minimum atomic E-state index is -0.141. The van der Waals surface area contributed by atoms with Crippen LogP contribution in [0, 0.1) is 13.8 Å². The molecule has 0 saturated heterocycles. The highest BCUT2D eigenvalue weighted by Crippen LogP contribution is 2.31. The first-order valence-corrected chi connectivity index (χ1v) is 11.1. The van der Waals surface area contributed by atoms with Crippen LogP contribution in [-0.2, 0) is 14.4 Å². The van der Waals surface area contributed by atoms with Gasteiger partial charge in [-0.25, -0.2) is 0 Å². The number of nitrogens with zero attached hydrogens (tertiary/aromatic N) is 1. The molecule has 0 spiro atoms. The molecule has 33 heavy (non-hydrogen) atoms. The van der Waals surface area contributed by atoms with Crippen LogP contribution in [0.5, 0.6) is 0 Å². The zero-order valence-corrected chi connectivity index (χ0v) is 20.8. The molecule has 0 fully saturated rings. The van der Waals surface area contributed by atoms with Crippen molar-refractivity contribution in [1.29, 1.82) is 0 Å². The van der Waals surface area contributed by atoms with Crippen molar-refractivity contribution in [2.24, 2.45) is 0 Å². The lowest BCUT2D eigenvalue weighted by Gasteiger charge is -2.12. The third-order valence-corrected chi connectivity index (χ3v) is 5.29. The van der Waals surface area contributed by atoms with Gasteiger partial charge in [0.15, 0.2) is 0 Å². The first-order chi connectivity index (χ1) is 15.7. The predicted molar refractivity (Wildman–Crippen MR) is 138 cm³/mol. The maximum absolute atomic E-state index is 11.3. The molecule has 8 heteroatoms. The molecule has 0 atom stereocenters. The van der Waals surface area contributed by atoms with Crippen LogP contribution < -0.4 is 16.0 Å². The molecule has 2 rings (SSSR count). The number of aryl methyl sites for hydroxylation is 1. The van der Waals surface area contributed by atoms with Gasteiger partial charge in [-0.05, 0) is 69.3 Å². The van der Waals surface area contributed by atoms with Crippen LogP contribution in [0.3, 0.4) is 0 Å². The molecule has 2 aromatic rings. The van der Waals surface area contributed by atoms with Crippen molar-refractivity contribution in [2.45, 2.75) is 41.5 Å². The van der Waals surface area contributed by atoms with E-state index in [9.17, 15) is 14.4 Å². The van der Waals surface area contributed by atoms with E-state index in [-0.39, 0.29) is 5.91 Å². The lowest BCUT2D eigenvalue weighted by molar-refractivity contribution is -0.114. The maximum Gasteiger partial charge on any atom is 0.221 e. The van der Waals surface area contributed by atoms with Gasteiger partial charge < -0.3 is 25.7 Å². The number of aldehydes is 1. The van der Waals surface area contributed by atoms with E-state index in [0.29, 0.717) is 24.3 Å². The molecule has 4 N–H and O–H groups in total. The first-order valence-electron chi connectivity index (χ1n) is 11.1. The van der Waals surface area contributed by atoms with Gasteiger partial charge in [-0.2, -0.15) is 0 Å². The van der Waals surface area contributed by atoms with Crippen molar-refractivity contribution in [3.8, 4) is 0 Å². The van der Waals surface area contributed by atoms with Crippen LogP contribution in [0.1, 0.15) is 50.2 Å². The van der Waals surface area contributed by atoms with Gasteiger partial charge in [-0.3, -0.25) is 14.5 Å². The van der Waals surface area contributed by atoms with Gasteiger partial charge in [-0.15, -0.1) is 0 Å². The Bertz CT molecular complexity index is 975. The number of H-pyrrole nitrogens is 1. The normalized spacial score (nSPS) is 10.8. The molecule has 1 aromatic heterocycles. The van der Waals surface area contributed by atoms with Crippen LogP contribution in [0.25, 0.3) is 11.6 Å². The van der Waals surface area contributed by atoms with E-state index >= 15 is 0 Å². The number of benzene rings is 1. The number of aromatic nitrogens is 1. The Morgan fingerprint density at radius 1 is 1.12 bits per heavy atom. The van der Waals surface area contributed by atoms with Crippen LogP contribution in [-0.4, -0.2) is 55.2 Å². The van der Waals surface area contributed by atoms with Gasteiger partial charge in [0, 0.05) is 42.3 Å². The molecule has 8 nitrogen and oxygen atoms in total. The fraction of sp³-hybridized carbons (Fsp3) is 0.400. The average Bonchev–Trinajstić information content (AvgIpc) is 3.05. The summed E-state index contributed by atoms with van der Waals surface area (Å²) in [5.74, 6) is -0.141. The maximum atomic E-state index is 11.3. The zero-order valence-electron chi connectivity index (χ0n) is 20.8. The summed E-state index contributed by atoms with van der Waals surface area (Å²) in [7, 11) is 1.90. The number of anilines is 3. The molecular formula is C25H37N5O3. The van der Waals surface area contributed by atoms with Gasteiger partial charge in [0.25, 0.3) is 0 Å². The van der Waals surface area contributed by atoms with Crippen molar-refractivity contribution in [2.75, 3.05) is 42.6 Å². The highest BCUT2D eigenvalue weighted by Gasteiger charge is 2.11. The Kier molecular flexibility index (Phi) is 11.6. The number of hydrogen-bond acceptors (Lipinski definition) is 5. The molecule has 1 aromatic carbocycles. The van der Waals surface area contributed by atoms with Gasteiger partial charge in [0.05, 0.1) is 12.2 Å². The van der Waals surface area contributed by atoms with Crippen LogP contribution >= 0.6 is 0 Å². The topological polar surface area (TPSA) is 106 Å². The number of hydrogen-bond donors (Lipinski definition) is 4. The van der Waals surface area contributed by atoms with Crippen molar-refractivity contribution in [3.05, 3.63) is 40.7 Å². The van der Waals surface area contributed by atoms with Crippen molar-refractivity contribution < 1.29 is 14.4 Å². The summed E-state index contributed by atoms with van der Waals surface area (Å²) >= 11 is 0. The lowest BCUT2D eigenvalue weighted by atomic mass is 10.0. The third kappa shape index (κ3) is 8.23. The molecule has 0 bridgehead atoms. The molecule has 0 radical (unpaired) electrons. The monoisotopic (exact) mass is 455 g/mol. The van der Waals surface area contributed by atoms with E-state index in [0.717, 1.165) is 53.2 Å². The number of rotatable bonds is 10.